The van der Waals surface area contributed by atoms with Gasteiger partial charge in [0.2, 0.25) is 0 Å². The summed E-state index contributed by atoms with van der Waals surface area (Å²) in [6.07, 6.45) is 2.22. The SMILES string of the molecule is CC1CCN(c2ccc(NC(=O)COc3ccccc3)cc2C(=O)NC(C)C)CC1. The Kier molecular flexibility index (Phi) is 7.33. The molecule has 0 aromatic heterocycles. The number of ether oxygens (including phenoxy) is 1. The second kappa shape index (κ2) is 10.1. The molecule has 0 unspecified atom stereocenters. The summed E-state index contributed by atoms with van der Waals surface area (Å²) in [7, 11) is 0. The molecule has 0 spiro atoms. The fourth-order valence-electron chi connectivity index (χ4n) is 3.52. The highest BCUT2D eigenvalue weighted by Crippen LogP contribution is 2.29. The Morgan fingerprint density at radius 1 is 1.10 bits per heavy atom. The van der Waals surface area contributed by atoms with Gasteiger partial charge in [-0.05, 0) is 62.9 Å². The standard InChI is InChI=1S/C24H31N3O3/c1-17(2)25-24(29)21-15-19(9-10-22(21)27-13-11-18(3)12-14-27)26-23(28)16-30-20-7-5-4-6-8-20/h4-10,15,17-18H,11-14,16H2,1-3H3,(H,25,29)(H,26,28). The zero-order valence-electron chi connectivity index (χ0n) is 18.0. The number of carbonyl (C=O) groups is 2. The van der Waals surface area contributed by atoms with Crippen molar-refractivity contribution in [3.05, 3.63) is 54.1 Å². The first-order valence-corrected chi connectivity index (χ1v) is 10.6. The van der Waals surface area contributed by atoms with Crippen LogP contribution in [0, 0.1) is 5.92 Å². The molecule has 0 aliphatic carbocycles. The Hall–Kier alpha value is -3.02. The van der Waals surface area contributed by atoms with Gasteiger partial charge in [-0.15, -0.1) is 0 Å². The summed E-state index contributed by atoms with van der Waals surface area (Å²) in [6, 6.07) is 14.8. The lowest BCUT2D eigenvalue weighted by molar-refractivity contribution is -0.118. The van der Waals surface area contributed by atoms with E-state index in [1.165, 1.54) is 0 Å². The van der Waals surface area contributed by atoms with Crippen molar-refractivity contribution in [1.82, 2.24) is 5.32 Å². The molecule has 160 valence electrons. The summed E-state index contributed by atoms with van der Waals surface area (Å²) >= 11 is 0. The minimum atomic E-state index is -0.270. The third kappa shape index (κ3) is 5.99. The van der Waals surface area contributed by atoms with Gasteiger partial charge < -0.3 is 20.3 Å². The van der Waals surface area contributed by atoms with Crippen LogP contribution in [0.5, 0.6) is 5.75 Å². The Bertz CT molecular complexity index is 859. The summed E-state index contributed by atoms with van der Waals surface area (Å²) in [6.45, 7) is 7.90. The minimum absolute atomic E-state index is 0.0317. The molecule has 1 aliphatic heterocycles. The molecule has 1 fully saturated rings. The van der Waals surface area contributed by atoms with Crippen molar-refractivity contribution >= 4 is 23.2 Å². The summed E-state index contributed by atoms with van der Waals surface area (Å²) in [5.74, 6) is 0.945. The van der Waals surface area contributed by atoms with Crippen molar-refractivity contribution in [2.45, 2.75) is 39.7 Å². The van der Waals surface area contributed by atoms with Gasteiger partial charge in [-0.2, -0.15) is 0 Å². The minimum Gasteiger partial charge on any atom is -0.484 e. The zero-order valence-corrected chi connectivity index (χ0v) is 18.0. The van der Waals surface area contributed by atoms with Crippen LogP contribution in [-0.4, -0.2) is 37.6 Å². The van der Waals surface area contributed by atoms with Crippen LogP contribution < -0.4 is 20.3 Å². The fourth-order valence-corrected chi connectivity index (χ4v) is 3.52. The predicted octanol–water partition coefficient (Wildman–Crippen LogP) is 4.08. The van der Waals surface area contributed by atoms with Crippen LogP contribution in [-0.2, 0) is 4.79 Å². The summed E-state index contributed by atoms with van der Waals surface area (Å²) in [4.78, 5) is 27.4. The second-order valence-corrected chi connectivity index (χ2v) is 8.18. The van der Waals surface area contributed by atoms with E-state index < -0.39 is 0 Å². The van der Waals surface area contributed by atoms with Gasteiger partial charge in [-0.3, -0.25) is 9.59 Å². The smallest absolute Gasteiger partial charge is 0.262 e. The average Bonchev–Trinajstić information content (AvgIpc) is 2.73. The lowest BCUT2D eigenvalue weighted by atomic mass is 9.97. The Morgan fingerprint density at radius 2 is 1.80 bits per heavy atom. The second-order valence-electron chi connectivity index (χ2n) is 8.18. The first-order valence-electron chi connectivity index (χ1n) is 10.6. The molecule has 2 N–H and O–H groups in total. The molecular weight excluding hydrogens is 378 g/mol. The van der Waals surface area contributed by atoms with Gasteiger partial charge in [0, 0.05) is 30.5 Å². The average molecular weight is 410 g/mol. The lowest BCUT2D eigenvalue weighted by Gasteiger charge is -2.33. The van der Waals surface area contributed by atoms with Crippen molar-refractivity contribution in [3.63, 3.8) is 0 Å². The van der Waals surface area contributed by atoms with Crippen LogP contribution in [0.3, 0.4) is 0 Å². The van der Waals surface area contributed by atoms with E-state index in [0.717, 1.165) is 31.6 Å². The van der Waals surface area contributed by atoms with Crippen LogP contribution in [0.4, 0.5) is 11.4 Å². The molecule has 2 aromatic carbocycles. The fraction of sp³-hybridized carbons (Fsp3) is 0.417. The summed E-state index contributed by atoms with van der Waals surface area (Å²) in [5, 5.41) is 5.81. The molecule has 30 heavy (non-hydrogen) atoms. The molecule has 6 heteroatoms. The first-order chi connectivity index (χ1) is 14.4. The monoisotopic (exact) mass is 409 g/mol. The number of nitrogens with zero attached hydrogens (tertiary/aromatic N) is 1. The van der Waals surface area contributed by atoms with Crippen molar-refractivity contribution in [1.29, 1.82) is 0 Å². The highest BCUT2D eigenvalue weighted by molar-refractivity contribution is 6.02. The third-order valence-corrected chi connectivity index (χ3v) is 5.18. The maximum atomic E-state index is 12.9. The van der Waals surface area contributed by atoms with Crippen molar-refractivity contribution < 1.29 is 14.3 Å². The van der Waals surface area contributed by atoms with Gasteiger partial charge in [0.15, 0.2) is 6.61 Å². The number of piperidine rings is 1. The predicted molar refractivity (Wildman–Crippen MR) is 120 cm³/mol. The van der Waals surface area contributed by atoms with Gasteiger partial charge >= 0.3 is 0 Å². The highest BCUT2D eigenvalue weighted by Gasteiger charge is 2.22. The Morgan fingerprint density at radius 3 is 2.47 bits per heavy atom. The molecule has 1 heterocycles. The number of amides is 2. The number of anilines is 2. The molecule has 0 atom stereocenters. The Labute approximate surface area is 178 Å². The van der Waals surface area contributed by atoms with E-state index in [0.29, 0.717) is 22.9 Å². The molecule has 2 aromatic rings. The number of para-hydroxylation sites is 1. The van der Waals surface area contributed by atoms with Gasteiger partial charge in [-0.25, -0.2) is 0 Å². The van der Waals surface area contributed by atoms with E-state index in [1.54, 1.807) is 18.2 Å². The van der Waals surface area contributed by atoms with Gasteiger partial charge in [-0.1, -0.05) is 25.1 Å². The van der Waals surface area contributed by atoms with Crippen LogP contribution in [0.25, 0.3) is 0 Å². The first kappa shape index (κ1) is 21.7. The molecule has 0 radical (unpaired) electrons. The van der Waals surface area contributed by atoms with E-state index in [9.17, 15) is 9.59 Å². The molecule has 0 saturated carbocycles. The van der Waals surface area contributed by atoms with Crippen LogP contribution in [0.2, 0.25) is 0 Å². The molecule has 6 nitrogen and oxygen atoms in total. The number of rotatable bonds is 7. The van der Waals surface area contributed by atoms with Gasteiger partial charge in [0.25, 0.3) is 11.8 Å². The van der Waals surface area contributed by atoms with Crippen LogP contribution >= 0.6 is 0 Å². The topological polar surface area (TPSA) is 70.7 Å². The number of nitrogens with one attached hydrogen (secondary N) is 2. The molecule has 2 amide bonds. The number of benzene rings is 2. The van der Waals surface area contributed by atoms with Crippen LogP contribution in [0.15, 0.2) is 48.5 Å². The number of hydrogen-bond acceptors (Lipinski definition) is 4. The van der Waals surface area contributed by atoms with Gasteiger partial charge in [0.1, 0.15) is 5.75 Å². The highest BCUT2D eigenvalue weighted by atomic mass is 16.5. The molecule has 0 bridgehead atoms. The largest absolute Gasteiger partial charge is 0.484 e. The Balaban J connectivity index is 1.73. The third-order valence-electron chi connectivity index (χ3n) is 5.18. The maximum absolute atomic E-state index is 12.9. The van der Waals surface area contributed by atoms with E-state index >= 15 is 0 Å². The summed E-state index contributed by atoms with van der Waals surface area (Å²) in [5.41, 5.74) is 2.08. The lowest BCUT2D eigenvalue weighted by Crippen LogP contribution is -2.36. The normalized spacial score (nSPS) is 14.5. The van der Waals surface area contributed by atoms with E-state index in [1.807, 2.05) is 44.2 Å². The number of hydrogen-bond donors (Lipinski definition) is 2. The van der Waals surface area contributed by atoms with E-state index in [-0.39, 0.29) is 24.5 Å². The molecule has 3 rings (SSSR count). The van der Waals surface area contributed by atoms with E-state index in [4.69, 9.17) is 4.74 Å². The molecule has 1 saturated heterocycles. The van der Waals surface area contributed by atoms with Crippen molar-refractivity contribution in [3.8, 4) is 5.75 Å². The van der Waals surface area contributed by atoms with Crippen LogP contribution in [0.1, 0.15) is 44.0 Å². The molecular formula is C24H31N3O3. The zero-order chi connectivity index (χ0) is 21.5. The number of carbonyl (C=O) groups excluding carboxylic acids is 2. The molecule has 1 aliphatic rings. The van der Waals surface area contributed by atoms with Gasteiger partial charge in [0.05, 0.1) is 5.56 Å². The van der Waals surface area contributed by atoms with Crippen molar-refractivity contribution in [2.24, 2.45) is 5.92 Å². The summed E-state index contributed by atoms with van der Waals surface area (Å²) < 4.78 is 5.50. The van der Waals surface area contributed by atoms with E-state index in [2.05, 4.69) is 22.5 Å². The van der Waals surface area contributed by atoms with Crippen molar-refractivity contribution in [2.75, 3.05) is 29.9 Å². The quantitative estimate of drug-likeness (QED) is 0.723. The maximum Gasteiger partial charge on any atom is 0.262 e.